The van der Waals surface area contributed by atoms with E-state index in [1.54, 1.807) is 11.9 Å². The lowest BCUT2D eigenvalue weighted by Crippen LogP contribution is -2.44. The monoisotopic (exact) mass is 397 g/mol. The zero-order valence-electron chi connectivity index (χ0n) is 16.3. The minimum atomic E-state index is -4.41. The number of nitrogens with one attached hydrogen (secondary N) is 1. The third kappa shape index (κ3) is 4.16. The Kier molecular flexibility index (Phi) is 5.44. The van der Waals surface area contributed by atoms with Gasteiger partial charge in [0.05, 0.1) is 29.2 Å². The van der Waals surface area contributed by atoms with E-state index < -0.39 is 17.2 Å². The number of aliphatic hydroxyl groups is 1. The Bertz CT molecular complexity index is 852. The lowest BCUT2D eigenvalue weighted by Gasteiger charge is -2.39. The Balaban J connectivity index is 1.72. The molecule has 1 aliphatic rings. The van der Waals surface area contributed by atoms with Crippen LogP contribution in [0, 0.1) is 11.3 Å². The summed E-state index contributed by atoms with van der Waals surface area (Å²) in [7, 11) is 1.68. The number of hydrogen-bond acceptors (Lipinski definition) is 3. The van der Waals surface area contributed by atoms with Gasteiger partial charge in [0.15, 0.2) is 0 Å². The predicted octanol–water partition coefficient (Wildman–Crippen LogP) is 4.12. The molecule has 0 saturated heterocycles. The molecule has 8 heteroatoms. The molecular weight excluding hydrogens is 371 g/mol. The van der Waals surface area contributed by atoms with Crippen LogP contribution in [0.2, 0.25) is 0 Å². The van der Waals surface area contributed by atoms with Gasteiger partial charge in [-0.05, 0) is 49.8 Å². The summed E-state index contributed by atoms with van der Waals surface area (Å²) in [6.45, 7) is 4.03. The second-order valence-corrected chi connectivity index (χ2v) is 8.30. The second-order valence-electron chi connectivity index (χ2n) is 8.30. The summed E-state index contributed by atoms with van der Waals surface area (Å²) in [5, 5.41) is 9.70. The Morgan fingerprint density at radius 2 is 1.89 bits per heavy atom. The van der Waals surface area contributed by atoms with E-state index in [9.17, 15) is 23.1 Å². The molecule has 28 heavy (non-hydrogen) atoms. The zero-order valence-corrected chi connectivity index (χ0v) is 16.3. The number of H-pyrrole nitrogens is 1. The number of fused-ring (bicyclic) bond motifs is 1. The van der Waals surface area contributed by atoms with E-state index in [0.29, 0.717) is 29.7 Å². The molecule has 0 bridgehead atoms. The van der Waals surface area contributed by atoms with Gasteiger partial charge in [-0.1, -0.05) is 13.8 Å². The topological polar surface area (TPSA) is 69.2 Å². The van der Waals surface area contributed by atoms with E-state index in [2.05, 4.69) is 9.97 Å². The third-order valence-electron chi connectivity index (χ3n) is 5.86. The van der Waals surface area contributed by atoms with Crippen molar-refractivity contribution in [2.75, 3.05) is 7.05 Å². The van der Waals surface area contributed by atoms with Crippen LogP contribution in [-0.4, -0.2) is 39.0 Å². The quantitative estimate of drug-likeness (QED) is 0.816. The summed E-state index contributed by atoms with van der Waals surface area (Å²) in [6.07, 6.45) is -1.68. The Morgan fingerprint density at radius 3 is 2.50 bits per heavy atom. The van der Waals surface area contributed by atoms with Crippen molar-refractivity contribution >= 4 is 16.9 Å². The summed E-state index contributed by atoms with van der Waals surface area (Å²) in [5.41, 5.74) is -0.583. The number of nitrogens with zero attached hydrogens (tertiary/aromatic N) is 2. The molecule has 0 aliphatic heterocycles. The Labute approximate surface area is 161 Å². The van der Waals surface area contributed by atoms with Crippen LogP contribution in [0.5, 0.6) is 0 Å². The highest BCUT2D eigenvalue weighted by Crippen LogP contribution is 2.39. The number of aliphatic hydroxyl groups excluding tert-OH is 1. The summed E-state index contributed by atoms with van der Waals surface area (Å²) in [4.78, 5) is 21.8. The van der Waals surface area contributed by atoms with Gasteiger partial charge in [0.25, 0.3) is 0 Å². The van der Waals surface area contributed by atoms with Crippen LogP contribution in [-0.2, 0) is 17.5 Å². The van der Waals surface area contributed by atoms with Crippen LogP contribution in [0.1, 0.15) is 50.9 Å². The normalized spacial score (nSPS) is 21.1. The molecule has 0 spiro atoms. The van der Waals surface area contributed by atoms with Crippen LogP contribution in [0.25, 0.3) is 11.0 Å². The average molecular weight is 397 g/mol. The van der Waals surface area contributed by atoms with Crippen molar-refractivity contribution in [2.45, 2.75) is 58.4 Å². The van der Waals surface area contributed by atoms with E-state index in [1.165, 1.54) is 6.07 Å². The van der Waals surface area contributed by atoms with Gasteiger partial charge in [-0.25, -0.2) is 4.98 Å². The number of rotatable bonds is 4. The Morgan fingerprint density at radius 1 is 1.25 bits per heavy atom. The van der Waals surface area contributed by atoms with Gasteiger partial charge >= 0.3 is 6.18 Å². The lowest BCUT2D eigenvalue weighted by molar-refractivity contribution is -0.144. The number of aromatic nitrogens is 2. The maximum absolute atomic E-state index is 13.0. The number of amides is 1. The third-order valence-corrected chi connectivity index (χ3v) is 5.86. The Hall–Kier alpha value is -2.09. The smallest absolute Gasteiger partial charge is 0.393 e. The van der Waals surface area contributed by atoms with E-state index in [4.69, 9.17) is 0 Å². The van der Waals surface area contributed by atoms with Gasteiger partial charge in [0.2, 0.25) is 5.91 Å². The van der Waals surface area contributed by atoms with E-state index >= 15 is 0 Å². The van der Waals surface area contributed by atoms with Crippen molar-refractivity contribution in [3.05, 3.63) is 29.6 Å². The maximum Gasteiger partial charge on any atom is 0.416 e. The van der Waals surface area contributed by atoms with Crippen LogP contribution < -0.4 is 0 Å². The molecule has 1 saturated carbocycles. The first-order chi connectivity index (χ1) is 13.0. The molecule has 1 aromatic heterocycles. The van der Waals surface area contributed by atoms with Crippen molar-refractivity contribution in [2.24, 2.45) is 11.3 Å². The second kappa shape index (κ2) is 7.39. The molecule has 154 valence electrons. The first-order valence-electron chi connectivity index (χ1n) is 9.48. The zero-order chi connectivity index (χ0) is 20.7. The highest BCUT2D eigenvalue weighted by Gasteiger charge is 2.40. The molecule has 0 atom stereocenters. The SMILES string of the molecule is CN(Cc1nc2ccc(C(F)(F)F)cc2[nH]1)C(=O)C(C)(C)C1CCC(O)CC1. The lowest BCUT2D eigenvalue weighted by atomic mass is 9.70. The van der Waals surface area contributed by atoms with E-state index in [0.717, 1.165) is 25.0 Å². The van der Waals surface area contributed by atoms with Gasteiger partial charge in [-0.15, -0.1) is 0 Å². The largest absolute Gasteiger partial charge is 0.416 e. The molecule has 2 aromatic rings. The average Bonchev–Trinajstić information content (AvgIpc) is 3.01. The standard InChI is InChI=1S/C20H26F3N3O2/c1-19(2,12-4-7-14(27)8-5-12)18(28)26(3)11-17-24-15-9-6-13(20(21,22)23)10-16(15)25-17/h6,9-10,12,14,27H,4-5,7-8,11H2,1-3H3,(H,24,25). The number of hydrogen-bond donors (Lipinski definition) is 2. The van der Waals surface area contributed by atoms with Crippen molar-refractivity contribution in [1.29, 1.82) is 0 Å². The first-order valence-corrected chi connectivity index (χ1v) is 9.48. The van der Waals surface area contributed by atoms with Gasteiger partial charge in [-0.2, -0.15) is 13.2 Å². The van der Waals surface area contributed by atoms with E-state index in [1.807, 2.05) is 13.8 Å². The molecule has 1 heterocycles. The fraction of sp³-hybridized carbons (Fsp3) is 0.600. The number of carbonyl (C=O) groups excluding carboxylic acids is 1. The summed E-state index contributed by atoms with van der Waals surface area (Å²) < 4.78 is 38.6. The van der Waals surface area contributed by atoms with Crippen molar-refractivity contribution in [1.82, 2.24) is 14.9 Å². The molecule has 1 aliphatic carbocycles. The maximum atomic E-state index is 13.0. The molecular formula is C20H26F3N3O2. The highest BCUT2D eigenvalue weighted by atomic mass is 19.4. The number of imidazole rings is 1. The summed E-state index contributed by atoms with van der Waals surface area (Å²) in [5.74, 6) is 0.598. The van der Waals surface area contributed by atoms with Crippen molar-refractivity contribution in [3.63, 3.8) is 0 Å². The number of benzene rings is 1. The van der Waals surface area contributed by atoms with Crippen molar-refractivity contribution in [3.8, 4) is 0 Å². The van der Waals surface area contributed by atoms with Crippen molar-refractivity contribution < 1.29 is 23.1 Å². The fourth-order valence-corrected chi connectivity index (χ4v) is 4.07. The molecule has 0 radical (unpaired) electrons. The van der Waals surface area contributed by atoms with Crippen LogP contribution in [0.3, 0.4) is 0 Å². The van der Waals surface area contributed by atoms with E-state index in [-0.39, 0.29) is 24.5 Å². The van der Waals surface area contributed by atoms with Gasteiger partial charge in [0.1, 0.15) is 5.82 Å². The molecule has 2 N–H and O–H groups in total. The van der Waals surface area contributed by atoms with Gasteiger partial charge < -0.3 is 15.0 Å². The number of halogens is 3. The van der Waals surface area contributed by atoms with Crippen LogP contribution in [0.4, 0.5) is 13.2 Å². The van der Waals surface area contributed by atoms with Gasteiger partial charge in [-0.3, -0.25) is 4.79 Å². The van der Waals surface area contributed by atoms with Crippen LogP contribution in [0.15, 0.2) is 18.2 Å². The van der Waals surface area contributed by atoms with Crippen LogP contribution >= 0.6 is 0 Å². The highest BCUT2D eigenvalue weighted by molar-refractivity contribution is 5.82. The first kappa shape index (κ1) is 20.6. The molecule has 5 nitrogen and oxygen atoms in total. The predicted molar refractivity (Wildman–Crippen MR) is 99.3 cm³/mol. The molecule has 0 unspecified atom stereocenters. The summed E-state index contributed by atoms with van der Waals surface area (Å²) in [6, 6.07) is 3.37. The minimum absolute atomic E-state index is 0.0367. The number of aromatic amines is 1. The number of alkyl halides is 3. The molecule has 1 aromatic carbocycles. The van der Waals surface area contributed by atoms with Gasteiger partial charge in [0, 0.05) is 12.5 Å². The molecule has 1 fully saturated rings. The number of carbonyl (C=O) groups is 1. The summed E-state index contributed by atoms with van der Waals surface area (Å²) >= 11 is 0. The fourth-order valence-electron chi connectivity index (χ4n) is 4.07. The molecule has 3 rings (SSSR count). The minimum Gasteiger partial charge on any atom is -0.393 e. The molecule has 1 amide bonds.